The molecule has 0 bridgehead atoms. The Morgan fingerprint density at radius 3 is 2.95 bits per heavy atom. The maximum Gasteiger partial charge on any atom is 0.247 e. The first-order chi connectivity index (χ1) is 10.9. The van der Waals surface area contributed by atoms with Crippen molar-refractivity contribution in [1.29, 1.82) is 0 Å². The Balaban J connectivity index is 1.44. The molecule has 1 saturated heterocycles. The molecular formula is C16H16N4OS. The Morgan fingerprint density at radius 2 is 2.14 bits per heavy atom. The smallest absolute Gasteiger partial charge is 0.247 e. The summed E-state index contributed by atoms with van der Waals surface area (Å²) < 4.78 is 5.86. The number of aromatic nitrogens is 3. The van der Waals surface area contributed by atoms with E-state index in [-0.39, 0.29) is 0 Å². The average molecular weight is 312 g/mol. The predicted octanol–water partition coefficient (Wildman–Crippen LogP) is 3.18. The van der Waals surface area contributed by atoms with Crippen LogP contribution in [0.15, 0.2) is 46.5 Å². The third kappa shape index (κ3) is 2.80. The Labute approximate surface area is 132 Å². The fourth-order valence-corrected chi connectivity index (χ4v) is 3.56. The summed E-state index contributed by atoms with van der Waals surface area (Å²) >= 11 is 1.81. The number of hydrogen-bond donors (Lipinski definition) is 0. The van der Waals surface area contributed by atoms with Crippen molar-refractivity contribution >= 4 is 11.3 Å². The van der Waals surface area contributed by atoms with Gasteiger partial charge in [-0.2, -0.15) is 0 Å². The van der Waals surface area contributed by atoms with Gasteiger partial charge in [0.1, 0.15) is 0 Å². The standard InChI is InChI=1S/C16H16N4OS/c1-2-14(22-9-1)11-20-8-5-13(10-20)16-19-18-15(21-16)12-3-6-17-7-4-12/h1-4,6-7,9,13H,5,8,10-11H2/t13-/m0/s1. The van der Waals surface area contributed by atoms with E-state index in [1.807, 2.05) is 23.5 Å². The molecule has 0 spiro atoms. The first-order valence-electron chi connectivity index (χ1n) is 7.37. The quantitative estimate of drug-likeness (QED) is 0.740. The normalized spacial score (nSPS) is 18.8. The summed E-state index contributed by atoms with van der Waals surface area (Å²) in [6.07, 6.45) is 4.54. The predicted molar refractivity (Wildman–Crippen MR) is 84.5 cm³/mol. The monoisotopic (exact) mass is 312 g/mol. The largest absolute Gasteiger partial charge is 0.420 e. The minimum atomic E-state index is 0.336. The first-order valence-corrected chi connectivity index (χ1v) is 8.25. The van der Waals surface area contributed by atoms with Gasteiger partial charge in [-0.25, -0.2) is 0 Å². The van der Waals surface area contributed by atoms with Crippen LogP contribution in [0.5, 0.6) is 0 Å². The molecule has 1 aliphatic rings. The summed E-state index contributed by atoms with van der Waals surface area (Å²) in [7, 11) is 0. The molecule has 0 radical (unpaired) electrons. The number of pyridine rings is 1. The number of likely N-dealkylation sites (tertiary alicyclic amines) is 1. The van der Waals surface area contributed by atoms with Crippen LogP contribution in [0, 0.1) is 0 Å². The van der Waals surface area contributed by atoms with Gasteiger partial charge in [0.2, 0.25) is 11.8 Å². The molecule has 0 saturated carbocycles. The molecule has 0 aromatic carbocycles. The third-order valence-electron chi connectivity index (χ3n) is 3.95. The fraction of sp³-hybridized carbons (Fsp3) is 0.312. The molecule has 4 heterocycles. The molecule has 3 aromatic heterocycles. The molecule has 0 unspecified atom stereocenters. The van der Waals surface area contributed by atoms with Crippen molar-refractivity contribution in [2.24, 2.45) is 0 Å². The second kappa shape index (κ2) is 5.98. The van der Waals surface area contributed by atoms with Crippen molar-refractivity contribution < 1.29 is 4.42 Å². The topological polar surface area (TPSA) is 55.1 Å². The van der Waals surface area contributed by atoms with Gasteiger partial charge in [-0.3, -0.25) is 9.88 Å². The highest BCUT2D eigenvalue weighted by molar-refractivity contribution is 7.09. The highest BCUT2D eigenvalue weighted by Crippen LogP contribution is 2.29. The molecule has 6 heteroatoms. The van der Waals surface area contributed by atoms with Crippen LogP contribution in [0.25, 0.3) is 11.5 Å². The van der Waals surface area contributed by atoms with Crippen LogP contribution < -0.4 is 0 Å². The van der Waals surface area contributed by atoms with Gasteiger partial charge in [0.05, 0.1) is 5.92 Å². The molecule has 1 aliphatic heterocycles. The van der Waals surface area contributed by atoms with E-state index in [2.05, 4.69) is 37.6 Å². The van der Waals surface area contributed by atoms with Gasteiger partial charge in [-0.05, 0) is 36.5 Å². The zero-order chi connectivity index (χ0) is 14.8. The van der Waals surface area contributed by atoms with E-state index in [0.717, 1.165) is 37.5 Å². The molecule has 1 atom stereocenters. The van der Waals surface area contributed by atoms with Gasteiger partial charge in [0.15, 0.2) is 0 Å². The summed E-state index contributed by atoms with van der Waals surface area (Å²) in [6.45, 7) is 3.07. The molecule has 0 aliphatic carbocycles. The zero-order valence-corrected chi connectivity index (χ0v) is 12.9. The molecular weight excluding hydrogens is 296 g/mol. The van der Waals surface area contributed by atoms with Crippen LogP contribution in [0.2, 0.25) is 0 Å². The summed E-state index contributed by atoms with van der Waals surface area (Å²) in [6, 6.07) is 8.06. The number of rotatable bonds is 4. The van der Waals surface area contributed by atoms with E-state index in [1.54, 1.807) is 12.4 Å². The van der Waals surface area contributed by atoms with Gasteiger partial charge < -0.3 is 4.42 Å². The fourth-order valence-electron chi connectivity index (χ4n) is 2.81. The van der Waals surface area contributed by atoms with Crippen LogP contribution in [-0.4, -0.2) is 33.2 Å². The second-order valence-corrected chi connectivity index (χ2v) is 6.51. The minimum absolute atomic E-state index is 0.336. The lowest BCUT2D eigenvalue weighted by atomic mass is 10.1. The van der Waals surface area contributed by atoms with Gasteiger partial charge >= 0.3 is 0 Å². The number of nitrogens with zero attached hydrogens (tertiary/aromatic N) is 4. The SMILES string of the molecule is c1csc(CN2CC[C@H](c3nnc(-c4ccncc4)o3)C2)c1. The maximum absolute atomic E-state index is 5.86. The lowest BCUT2D eigenvalue weighted by Crippen LogP contribution is -2.19. The van der Waals surface area contributed by atoms with Gasteiger partial charge in [-0.1, -0.05) is 6.07 Å². The summed E-state index contributed by atoms with van der Waals surface area (Å²) in [4.78, 5) is 7.86. The summed E-state index contributed by atoms with van der Waals surface area (Å²) in [5, 5.41) is 10.5. The number of hydrogen-bond acceptors (Lipinski definition) is 6. The van der Waals surface area contributed by atoms with Crippen molar-refractivity contribution in [3.63, 3.8) is 0 Å². The Hall–Kier alpha value is -2.05. The van der Waals surface area contributed by atoms with Gasteiger partial charge in [0.25, 0.3) is 0 Å². The molecule has 1 fully saturated rings. The third-order valence-corrected chi connectivity index (χ3v) is 4.81. The molecule has 22 heavy (non-hydrogen) atoms. The van der Waals surface area contributed by atoms with Crippen LogP contribution >= 0.6 is 11.3 Å². The average Bonchev–Trinajstić information content (AvgIpc) is 3.30. The molecule has 5 nitrogen and oxygen atoms in total. The lowest BCUT2D eigenvalue weighted by Gasteiger charge is -2.13. The maximum atomic E-state index is 5.86. The summed E-state index contributed by atoms with van der Waals surface area (Å²) in [5.74, 6) is 1.66. The van der Waals surface area contributed by atoms with E-state index in [4.69, 9.17) is 4.42 Å². The van der Waals surface area contributed by atoms with E-state index >= 15 is 0 Å². The Bertz CT molecular complexity index is 726. The van der Waals surface area contributed by atoms with Gasteiger partial charge in [0, 0.05) is 35.9 Å². The van der Waals surface area contributed by atoms with E-state index < -0.39 is 0 Å². The van der Waals surface area contributed by atoms with Crippen molar-refractivity contribution in [3.8, 4) is 11.5 Å². The van der Waals surface area contributed by atoms with E-state index in [9.17, 15) is 0 Å². The van der Waals surface area contributed by atoms with Crippen LogP contribution in [0.3, 0.4) is 0 Å². The van der Waals surface area contributed by atoms with Crippen molar-refractivity contribution in [2.75, 3.05) is 13.1 Å². The van der Waals surface area contributed by atoms with E-state index in [1.165, 1.54) is 4.88 Å². The van der Waals surface area contributed by atoms with E-state index in [0.29, 0.717) is 11.8 Å². The molecule has 3 aromatic rings. The zero-order valence-electron chi connectivity index (χ0n) is 12.1. The molecule has 4 rings (SSSR count). The Kier molecular flexibility index (Phi) is 3.70. The minimum Gasteiger partial charge on any atom is -0.420 e. The van der Waals surface area contributed by atoms with Crippen LogP contribution in [-0.2, 0) is 6.54 Å². The Morgan fingerprint density at radius 1 is 1.23 bits per heavy atom. The first kappa shape index (κ1) is 13.6. The molecule has 0 amide bonds. The highest BCUT2D eigenvalue weighted by Gasteiger charge is 2.28. The van der Waals surface area contributed by atoms with Crippen LogP contribution in [0.1, 0.15) is 23.1 Å². The van der Waals surface area contributed by atoms with Gasteiger partial charge in [-0.15, -0.1) is 21.5 Å². The lowest BCUT2D eigenvalue weighted by molar-refractivity contribution is 0.323. The van der Waals surface area contributed by atoms with Crippen molar-refractivity contribution in [1.82, 2.24) is 20.1 Å². The molecule has 112 valence electrons. The summed E-state index contributed by atoms with van der Waals surface area (Å²) in [5.41, 5.74) is 0.919. The van der Waals surface area contributed by atoms with Crippen LogP contribution in [0.4, 0.5) is 0 Å². The van der Waals surface area contributed by atoms with Crippen molar-refractivity contribution in [2.45, 2.75) is 18.9 Å². The highest BCUT2D eigenvalue weighted by atomic mass is 32.1. The van der Waals surface area contributed by atoms with Crippen molar-refractivity contribution in [3.05, 3.63) is 52.8 Å². The second-order valence-electron chi connectivity index (χ2n) is 5.48. The molecule has 0 N–H and O–H groups in total. The number of thiophene rings is 1.